The smallest absolute Gasteiger partial charge is 0.337 e. The van der Waals surface area contributed by atoms with Crippen molar-refractivity contribution in [2.24, 2.45) is 0 Å². The van der Waals surface area contributed by atoms with Crippen molar-refractivity contribution in [3.05, 3.63) is 123 Å². The molecule has 8 heteroatoms. The summed E-state index contributed by atoms with van der Waals surface area (Å²) >= 11 is 12.4. The summed E-state index contributed by atoms with van der Waals surface area (Å²) in [5.74, 6) is 0.902. The Balaban J connectivity index is 1.34. The van der Waals surface area contributed by atoms with Gasteiger partial charge in [-0.3, -0.25) is 0 Å². The third kappa shape index (κ3) is 5.49. The molecular formula is C31H25Cl2N3O3. The summed E-state index contributed by atoms with van der Waals surface area (Å²) in [5, 5.41) is 10.5. The molecule has 0 bridgehead atoms. The Kier molecular flexibility index (Phi) is 6.98. The first kappa shape index (κ1) is 25.4. The van der Waals surface area contributed by atoms with Crippen molar-refractivity contribution in [3.63, 3.8) is 0 Å². The number of ether oxygens (including phenoxy) is 1. The lowest BCUT2D eigenvalue weighted by Crippen LogP contribution is -2.12. The van der Waals surface area contributed by atoms with Crippen LogP contribution in [0.4, 0.5) is 0 Å². The number of carbonyl (C=O) groups is 1. The fraction of sp³-hybridized carbons (Fsp3) is 0.194. The van der Waals surface area contributed by atoms with E-state index in [0.717, 1.165) is 46.4 Å². The van der Waals surface area contributed by atoms with E-state index in [4.69, 9.17) is 38.0 Å². The van der Waals surface area contributed by atoms with Crippen LogP contribution in [0.25, 0.3) is 11.0 Å². The maximum atomic E-state index is 11.1. The molecule has 5 aromatic rings. The molecular weight excluding hydrogens is 533 g/mol. The van der Waals surface area contributed by atoms with Crippen LogP contribution in [0.2, 0.25) is 10.0 Å². The van der Waals surface area contributed by atoms with E-state index in [-0.39, 0.29) is 11.5 Å². The minimum absolute atomic E-state index is 0.00939. The molecule has 1 N–H and O–H groups in total. The molecule has 0 radical (unpaired) electrons. The number of aromatic carboxylic acids is 1. The van der Waals surface area contributed by atoms with E-state index in [0.29, 0.717) is 35.0 Å². The first-order chi connectivity index (χ1) is 19.0. The van der Waals surface area contributed by atoms with E-state index in [1.807, 2.05) is 24.3 Å². The van der Waals surface area contributed by atoms with Crippen LogP contribution >= 0.6 is 23.2 Å². The second kappa shape index (κ2) is 10.7. The lowest BCUT2D eigenvalue weighted by atomic mass is 9.85. The third-order valence-corrected chi connectivity index (χ3v) is 7.54. The van der Waals surface area contributed by atoms with Crippen molar-refractivity contribution in [1.82, 2.24) is 14.5 Å². The van der Waals surface area contributed by atoms with Crippen LogP contribution < -0.4 is 4.74 Å². The molecule has 2 aromatic heterocycles. The number of carboxylic acid groups (broad SMARTS) is 1. The number of carboxylic acids is 1. The molecule has 3 aromatic carbocycles. The number of fused-ring (bicyclic) bond motifs is 1. The minimum atomic E-state index is -1.01. The van der Waals surface area contributed by atoms with E-state index >= 15 is 0 Å². The van der Waals surface area contributed by atoms with Crippen molar-refractivity contribution >= 4 is 40.2 Å². The van der Waals surface area contributed by atoms with E-state index < -0.39 is 5.97 Å². The van der Waals surface area contributed by atoms with Gasteiger partial charge < -0.3 is 14.4 Å². The average molecular weight is 558 g/mol. The van der Waals surface area contributed by atoms with Gasteiger partial charge in [-0.1, -0.05) is 53.5 Å². The number of hydrogen-bond acceptors (Lipinski definition) is 4. The van der Waals surface area contributed by atoms with Crippen molar-refractivity contribution in [2.75, 3.05) is 6.61 Å². The van der Waals surface area contributed by atoms with Gasteiger partial charge in [0.25, 0.3) is 0 Å². The molecule has 39 heavy (non-hydrogen) atoms. The van der Waals surface area contributed by atoms with Crippen LogP contribution in [0, 0.1) is 0 Å². The standard InChI is InChI=1S/C31H25Cl2N3O3/c32-24-9-3-19(4-10-24)29(20-5-11-25(33)12-6-20)22-7-13-26-27(17-22)36(30(35-26)21-1-2-21)15-16-39-28-14-8-23(18-34-28)31(37)38/h3-14,17-18,21,29H,1-2,15-16H2,(H,37,38). The highest BCUT2D eigenvalue weighted by Gasteiger charge is 2.30. The van der Waals surface area contributed by atoms with Crippen LogP contribution in [0.3, 0.4) is 0 Å². The van der Waals surface area contributed by atoms with Gasteiger partial charge in [0.2, 0.25) is 5.88 Å². The van der Waals surface area contributed by atoms with Gasteiger partial charge in [-0.2, -0.15) is 0 Å². The Bertz CT molecular complexity index is 1580. The van der Waals surface area contributed by atoms with Crippen LogP contribution in [0.15, 0.2) is 85.1 Å². The van der Waals surface area contributed by atoms with Crippen molar-refractivity contribution in [2.45, 2.75) is 31.2 Å². The van der Waals surface area contributed by atoms with Gasteiger partial charge in [-0.15, -0.1) is 0 Å². The summed E-state index contributed by atoms with van der Waals surface area (Å²) in [4.78, 5) is 20.2. The van der Waals surface area contributed by atoms with Gasteiger partial charge >= 0.3 is 5.97 Å². The van der Waals surface area contributed by atoms with E-state index in [2.05, 4.69) is 52.0 Å². The lowest BCUT2D eigenvalue weighted by molar-refractivity contribution is 0.0696. The summed E-state index contributed by atoms with van der Waals surface area (Å²) in [6.07, 6.45) is 3.57. The molecule has 6 nitrogen and oxygen atoms in total. The summed E-state index contributed by atoms with van der Waals surface area (Å²) in [7, 11) is 0. The summed E-state index contributed by atoms with van der Waals surface area (Å²) in [5.41, 5.74) is 5.54. The molecule has 6 rings (SSSR count). The SMILES string of the molecule is O=C(O)c1ccc(OCCn2c(C3CC3)nc3ccc(C(c4ccc(Cl)cc4)c4ccc(Cl)cc4)cc32)nc1. The van der Waals surface area contributed by atoms with Gasteiger partial charge in [0.15, 0.2) is 0 Å². The second-order valence-electron chi connectivity index (χ2n) is 9.72. The number of rotatable bonds is 9. The Hall–Kier alpha value is -3.87. The van der Waals surface area contributed by atoms with Gasteiger partial charge in [0.05, 0.1) is 23.1 Å². The Morgan fingerprint density at radius 1 is 0.923 bits per heavy atom. The quantitative estimate of drug-likeness (QED) is 0.189. The van der Waals surface area contributed by atoms with Crippen molar-refractivity contribution < 1.29 is 14.6 Å². The topological polar surface area (TPSA) is 77.2 Å². The molecule has 0 spiro atoms. The normalized spacial score (nSPS) is 13.2. The first-order valence-corrected chi connectivity index (χ1v) is 13.5. The molecule has 1 aliphatic carbocycles. The largest absolute Gasteiger partial charge is 0.478 e. The predicted octanol–water partition coefficient (Wildman–Crippen LogP) is 7.57. The maximum absolute atomic E-state index is 11.1. The Morgan fingerprint density at radius 3 is 2.13 bits per heavy atom. The van der Waals surface area contributed by atoms with Crippen LogP contribution in [0.1, 0.15) is 57.6 Å². The molecule has 1 fully saturated rings. The fourth-order valence-corrected chi connectivity index (χ4v) is 5.20. The number of imidazole rings is 1. The van der Waals surface area contributed by atoms with Gasteiger partial charge in [0, 0.05) is 34.1 Å². The number of hydrogen-bond donors (Lipinski definition) is 1. The van der Waals surface area contributed by atoms with Gasteiger partial charge in [0.1, 0.15) is 12.4 Å². The van der Waals surface area contributed by atoms with Crippen LogP contribution in [0.5, 0.6) is 5.88 Å². The molecule has 0 aliphatic heterocycles. The van der Waals surface area contributed by atoms with E-state index in [1.165, 1.54) is 12.3 Å². The highest BCUT2D eigenvalue weighted by Crippen LogP contribution is 2.41. The molecule has 1 saturated carbocycles. The Labute approximate surface area is 235 Å². The molecule has 0 atom stereocenters. The minimum Gasteiger partial charge on any atom is -0.478 e. The van der Waals surface area contributed by atoms with Gasteiger partial charge in [-0.05, 0) is 72.0 Å². The highest BCUT2D eigenvalue weighted by atomic mass is 35.5. The molecule has 2 heterocycles. The number of pyridine rings is 1. The summed E-state index contributed by atoms with van der Waals surface area (Å²) in [6, 6.07) is 25.5. The van der Waals surface area contributed by atoms with Crippen LogP contribution in [-0.2, 0) is 6.54 Å². The number of nitrogens with zero attached hydrogens (tertiary/aromatic N) is 3. The lowest BCUT2D eigenvalue weighted by Gasteiger charge is -2.20. The summed E-state index contributed by atoms with van der Waals surface area (Å²) < 4.78 is 8.13. The Morgan fingerprint density at radius 2 is 1.56 bits per heavy atom. The second-order valence-corrected chi connectivity index (χ2v) is 10.6. The number of aromatic nitrogens is 3. The maximum Gasteiger partial charge on any atom is 0.337 e. The zero-order chi connectivity index (χ0) is 26.9. The molecule has 0 saturated heterocycles. The monoisotopic (exact) mass is 557 g/mol. The molecule has 196 valence electrons. The first-order valence-electron chi connectivity index (χ1n) is 12.8. The van der Waals surface area contributed by atoms with Crippen LogP contribution in [-0.4, -0.2) is 32.2 Å². The zero-order valence-corrected chi connectivity index (χ0v) is 22.4. The summed E-state index contributed by atoms with van der Waals surface area (Å²) in [6.45, 7) is 0.979. The average Bonchev–Trinajstić information content (AvgIpc) is 3.73. The molecule has 0 amide bonds. The molecule has 0 unspecified atom stereocenters. The van der Waals surface area contributed by atoms with Crippen molar-refractivity contribution in [1.29, 1.82) is 0 Å². The fourth-order valence-electron chi connectivity index (χ4n) is 4.95. The third-order valence-electron chi connectivity index (χ3n) is 7.03. The predicted molar refractivity (Wildman–Crippen MR) is 152 cm³/mol. The highest BCUT2D eigenvalue weighted by molar-refractivity contribution is 6.30. The van der Waals surface area contributed by atoms with E-state index in [9.17, 15) is 4.79 Å². The van der Waals surface area contributed by atoms with Gasteiger partial charge in [-0.25, -0.2) is 14.8 Å². The van der Waals surface area contributed by atoms with E-state index in [1.54, 1.807) is 6.07 Å². The number of halogens is 2. The zero-order valence-electron chi connectivity index (χ0n) is 20.9. The molecule has 1 aliphatic rings. The van der Waals surface area contributed by atoms with Crippen molar-refractivity contribution in [3.8, 4) is 5.88 Å². The number of benzene rings is 3.